The van der Waals surface area contributed by atoms with Gasteiger partial charge in [0.1, 0.15) is 22.0 Å². The number of carbonyl (C=O) groups excluding carboxylic acids is 1. The Morgan fingerprint density at radius 2 is 2.13 bits per heavy atom. The van der Waals surface area contributed by atoms with Gasteiger partial charge in [-0.2, -0.15) is 0 Å². The third kappa shape index (κ3) is 5.52. The highest BCUT2D eigenvalue weighted by atomic mass is 35.5. The SMILES string of the molecule is CC(C)(C)OC(=O)N[C@H]1CCCC[C@H]1c1cc2nc(Cl)cc(NCc3cccs3)c2o1. The molecule has 31 heavy (non-hydrogen) atoms. The fourth-order valence-electron chi connectivity index (χ4n) is 4.02. The smallest absolute Gasteiger partial charge is 0.407 e. The molecule has 1 saturated carbocycles. The average molecular weight is 462 g/mol. The quantitative estimate of drug-likeness (QED) is 0.413. The first-order valence-electron chi connectivity index (χ1n) is 10.6. The van der Waals surface area contributed by atoms with Gasteiger partial charge in [-0.3, -0.25) is 0 Å². The molecule has 3 aromatic heterocycles. The third-order valence-corrected chi connectivity index (χ3v) is 6.40. The van der Waals surface area contributed by atoms with Crippen molar-refractivity contribution in [2.45, 2.75) is 70.6 Å². The number of pyridine rings is 1. The number of rotatable bonds is 5. The molecule has 2 atom stereocenters. The van der Waals surface area contributed by atoms with E-state index in [2.05, 4.69) is 27.1 Å². The average Bonchev–Trinajstić information content (AvgIpc) is 3.34. The number of aromatic nitrogens is 1. The second-order valence-electron chi connectivity index (χ2n) is 8.93. The Hall–Kier alpha value is -2.25. The Balaban J connectivity index is 1.57. The number of anilines is 1. The number of hydrogen-bond acceptors (Lipinski definition) is 6. The number of furan rings is 1. The van der Waals surface area contributed by atoms with E-state index < -0.39 is 5.60 Å². The summed E-state index contributed by atoms with van der Waals surface area (Å²) in [4.78, 5) is 18.0. The Labute approximate surface area is 191 Å². The summed E-state index contributed by atoms with van der Waals surface area (Å²) in [5.74, 6) is 0.893. The van der Waals surface area contributed by atoms with Crippen molar-refractivity contribution in [3.8, 4) is 0 Å². The minimum atomic E-state index is -0.530. The van der Waals surface area contributed by atoms with Gasteiger partial charge < -0.3 is 19.8 Å². The highest BCUT2D eigenvalue weighted by molar-refractivity contribution is 7.09. The van der Waals surface area contributed by atoms with Crippen molar-refractivity contribution in [1.82, 2.24) is 10.3 Å². The van der Waals surface area contributed by atoms with E-state index in [4.69, 9.17) is 20.8 Å². The fourth-order valence-corrected chi connectivity index (χ4v) is 4.87. The summed E-state index contributed by atoms with van der Waals surface area (Å²) in [5.41, 5.74) is 1.70. The monoisotopic (exact) mass is 461 g/mol. The lowest BCUT2D eigenvalue weighted by Crippen LogP contribution is -2.43. The van der Waals surface area contributed by atoms with Crippen molar-refractivity contribution in [3.63, 3.8) is 0 Å². The van der Waals surface area contributed by atoms with Gasteiger partial charge in [0, 0.05) is 35.5 Å². The fraction of sp³-hybridized carbons (Fsp3) is 0.478. The maximum absolute atomic E-state index is 12.4. The van der Waals surface area contributed by atoms with E-state index in [9.17, 15) is 4.79 Å². The maximum atomic E-state index is 12.4. The van der Waals surface area contributed by atoms with Crippen LogP contribution in [-0.2, 0) is 11.3 Å². The lowest BCUT2D eigenvalue weighted by atomic mass is 9.83. The van der Waals surface area contributed by atoms with E-state index in [1.54, 1.807) is 17.4 Å². The first-order valence-corrected chi connectivity index (χ1v) is 11.9. The van der Waals surface area contributed by atoms with Crippen molar-refractivity contribution in [1.29, 1.82) is 0 Å². The number of fused-ring (bicyclic) bond motifs is 1. The molecule has 2 N–H and O–H groups in total. The predicted molar refractivity (Wildman–Crippen MR) is 125 cm³/mol. The molecule has 166 valence electrons. The summed E-state index contributed by atoms with van der Waals surface area (Å²) in [5, 5.41) is 8.95. The predicted octanol–water partition coefficient (Wildman–Crippen LogP) is 6.71. The van der Waals surface area contributed by atoms with Crippen LogP contribution in [0.2, 0.25) is 5.15 Å². The van der Waals surface area contributed by atoms with Crippen LogP contribution in [0.15, 0.2) is 34.1 Å². The molecule has 6 nitrogen and oxygen atoms in total. The minimum absolute atomic E-state index is 0.0397. The maximum Gasteiger partial charge on any atom is 0.407 e. The van der Waals surface area contributed by atoms with Crippen LogP contribution in [0.1, 0.15) is 63.0 Å². The largest absolute Gasteiger partial charge is 0.457 e. The summed E-state index contributed by atoms with van der Waals surface area (Å²) >= 11 is 7.97. The summed E-state index contributed by atoms with van der Waals surface area (Å²) in [7, 11) is 0. The van der Waals surface area contributed by atoms with Gasteiger partial charge in [0.05, 0.1) is 5.69 Å². The zero-order valence-electron chi connectivity index (χ0n) is 18.0. The summed E-state index contributed by atoms with van der Waals surface area (Å²) in [6, 6.07) is 7.82. The lowest BCUT2D eigenvalue weighted by Gasteiger charge is -2.31. The number of ether oxygens (including phenoxy) is 1. The van der Waals surface area contributed by atoms with E-state index in [1.165, 1.54) is 4.88 Å². The molecule has 1 aliphatic carbocycles. The number of thiophene rings is 1. The number of alkyl carbamates (subject to hydrolysis) is 1. The molecule has 3 aromatic rings. The normalized spacial score (nSPS) is 19.4. The Morgan fingerprint density at radius 3 is 2.87 bits per heavy atom. The third-order valence-electron chi connectivity index (χ3n) is 5.33. The molecule has 0 spiro atoms. The molecule has 0 bridgehead atoms. The molecule has 0 aliphatic heterocycles. The molecule has 3 heterocycles. The summed E-state index contributed by atoms with van der Waals surface area (Å²) in [6.45, 7) is 6.29. The molecule has 0 unspecified atom stereocenters. The minimum Gasteiger partial charge on any atom is -0.457 e. The van der Waals surface area contributed by atoms with Crippen molar-refractivity contribution >= 4 is 45.8 Å². The topological polar surface area (TPSA) is 76.4 Å². The molecule has 0 saturated heterocycles. The highest BCUT2D eigenvalue weighted by Gasteiger charge is 2.32. The van der Waals surface area contributed by atoms with Gasteiger partial charge in [0.25, 0.3) is 0 Å². The lowest BCUT2D eigenvalue weighted by molar-refractivity contribution is 0.0482. The van der Waals surface area contributed by atoms with Gasteiger partial charge in [-0.25, -0.2) is 9.78 Å². The number of hydrogen-bond donors (Lipinski definition) is 2. The molecule has 0 aromatic carbocycles. The van der Waals surface area contributed by atoms with Crippen LogP contribution < -0.4 is 10.6 Å². The molecule has 0 radical (unpaired) electrons. The molecular weight excluding hydrogens is 434 g/mol. The number of amides is 1. The molecule has 1 fully saturated rings. The first kappa shape index (κ1) is 22.0. The van der Waals surface area contributed by atoms with E-state index in [1.807, 2.05) is 32.9 Å². The second-order valence-corrected chi connectivity index (χ2v) is 10.4. The van der Waals surface area contributed by atoms with Crippen LogP contribution in [0.3, 0.4) is 0 Å². The molecule has 1 aliphatic rings. The van der Waals surface area contributed by atoms with Gasteiger partial charge in [-0.05, 0) is 45.1 Å². The van der Waals surface area contributed by atoms with Crippen molar-refractivity contribution < 1.29 is 13.9 Å². The van der Waals surface area contributed by atoms with Crippen LogP contribution in [0.5, 0.6) is 0 Å². The first-order chi connectivity index (χ1) is 14.8. The zero-order valence-corrected chi connectivity index (χ0v) is 19.6. The van der Waals surface area contributed by atoms with E-state index >= 15 is 0 Å². The van der Waals surface area contributed by atoms with Crippen LogP contribution in [0.25, 0.3) is 11.1 Å². The van der Waals surface area contributed by atoms with E-state index in [0.717, 1.165) is 42.6 Å². The summed E-state index contributed by atoms with van der Waals surface area (Å²) in [6.07, 6.45) is 3.59. The van der Waals surface area contributed by atoms with Crippen molar-refractivity contribution in [2.24, 2.45) is 0 Å². The van der Waals surface area contributed by atoms with Crippen LogP contribution in [-0.4, -0.2) is 22.7 Å². The molecule has 1 amide bonds. The second kappa shape index (κ2) is 9.09. The number of nitrogens with zero attached hydrogens (tertiary/aromatic N) is 1. The Kier molecular flexibility index (Phi) is 6.44. The Bertz CT molecular complexity index is 1040. The Morgan fingerprint density at radius 1 is 1.32 bits per heavy atom. The van der Waals surface area contributed by atoms with Gasteiger partial charge in [0.15, 0.2) is 5.58 Å². The number of halogens is 1. The van der Waals surface area contributed by atoms with E-state index in [0.29, 0.717) is 17.3 Å². The van der Waals surface area contributed by atoms with Crippen LogP contribution >= 0.6 is 22.9 Å². The van der Waals surface area contributed by atoms with Gasteiger partial charge in [0.2, 0.25) is 0 Å². The standard InChI is InChI=1S/C23H28ClN3O3S/c1-23(2,3)30-22(28)27-16-9-5-4-8-15(16)19-11-18-21(29-19)17(12-20(24)26-18)25-13-14-7-6-10-31-14/h6-7,10-12,15-16H,4-5,8-9,13H2,1-3H3,(H,25,26)(H,27,28)/t15-,16+/m1/s1. The molecule has 8 heteroatoms. The summed E-state index contributed by atoms with van der Waals surface area (Å²) < 4.78 is 11.8. The molecular formula is C23H28ClN3O3S. The van der Waals surface area contributed by atoms with Gasteiger partial charge >= 0.3 is 6.09 Å². The van der Waals surface area contributed by atoms with Crippen molar-refractivity contribution in [2.75, 3.05) is 5.32 Å². The van der Waals surface area contributed by atoms with Gasteiger partial charge in [-0.15, -0.1) is 11.3 Å². The van der Waals surface area contributed by atoms with Crippen LogP contribution in [0.4, 0.5) is 10.5 Å². The van der Waals surface area contributed by atoms with E-state index in [-0.39, 0.29) is 18.1 Å². The van der Waals surface area contributed by atoms with Crippen LogP contribution in [0, 0.1) is 0 Å². The number of nitrogens with one attached hydrogen (secondary N) is 2. The number of carbonyl (C=O) groups is 1. The molecule has 4 rings (SSSR count). The zero-order chi connectivity index (χ0) is 22.0. The highest BCUT2D eigenvalue weighted by Crippen LogP contribution is 2.38. The van der Waals surface area contributed by atoms with Crippen molar-refractivity contribution in [3.05, 3.63) is 45.4 Å². The van der Waals surface area contributed by atoms with Gasteiger partial charge in [-0.1, -0.05) is 30.5 Å².